The van der Waals surface area contributed by atoms with Crippen LogP contribution in [0.4, 0.5) is 4.39 Å². The Labute approximate surface area is 195 Å². The highest BCUT2D eigenvalue weighted by atomic mass is 19.1. The lowest BCUT2D eigenvalue weighted by molar-refractivity contribution is 0.0420. The van der Waals surface area contributed by atoms with Crippen LogP contribution in [0.1, 0.15) is 40.7 Å². The molecule has 3 nitrogen and oxygen atoms in total. The molecule has 2 heterocycles. The molecule has 33 heavy (non-hydrogen) atoms. The van der Waals surface area contributed by atoms with E-state index in [9.17, 15) is 4.39 Å². The highest BCUT2D eigenvalue weighted by molar-refractivity contribution is 5.88. The quantitative estimate of drug-likeness (QED) is 0.335. The summed E-state index contributed by atoms with van der Waals surface area (Å²) in [7, 11) is 6.27. The molecule has 3 aromatic carbocycles. The third-order valence-corrected chi connectivity index (χ3v) is 6.94. The molecule has 0 saturated carbocycles. The largest absolute Gasteiger partial charge is 0.368 e. The van der Waals surface area contributed by atoms with Gasteiger partial charge in [-0.05, 0) is 97.7 Å². The lowest BCUT2D eigenvalue weighted by Gasteiger charge is -2.26. The standard InChI is InChI=1S/C29H31FN2O/c1-19-17-32(4)28-12-8-22(16-27(19)28)21-7-11-25-23(15-21)18-33-29(25)26(13-14-31(2)3)20-5-9-24(30)10-6-20/h5-12,15-17,26,29H,13-14,18H2,1-4H3. The van der Waals surface area contributed by atoms with E-state index in [1.807, 2.05) is 12.1 Å². The van der Waals surface area contributed by atoms with E-state index in [4.69, 9.17) is 4.74 Å². The maximum atomic E-state index is 13.6. The SMILES string of the molecule is Cc1cn(C)c2ccc(-c3ccc4c(c3)COC4C(CCN(C)C)c3ccc(F)cc3)cc12. The Kier molecular flexibility index (Phi) is 5.81. The summed E-state index contributed by atoms with van der Waals surface area (Å²) >= 11 is 0. The Morgan fingerprint density at radius 2 is 1.76 bits per heavy atom. The predicted molar refractivity (Wildman–Crippen MR) is 133 cm³/mol. The van der Waals surface area contributed by atoms with Crippen LogP contribution in [0.25, 0.3) is 22.0 Å². The van der Waals surface area contributed by atoms with Crippen molar-refractivity contribution >= 4 is 10.9 Å². The lowest BCUT2D eigenvalue weighted by Crippen LogP contribution is -2.19. The first-order valence-electron chi connectivity index (χ1n) is 11.6. The molecule has 0 aliphatic carbocycles. The molecule has 4 aromatic rings. The first-order chi connectivity index (χ1) is 15.9. The van der Waals surface area contributed by atoms with Crippen molar-refractivity contribution in [3.8, 4) is 11.1 Å². The number of halogens is 1. The number of ether oxygens (including phenoxy) is 1. The fourth-order valence-electron chi connectivity index (χ4n) is 5.16. The van der Waals surface area contributed by atoms with E-state index in [-0.39, 0.29) is 17.8 Å². The molecule has 2 unspecified atom stereocenters. The maximum absolute atomic E-state index is 13.6. The molecule has 1 aromatic heterocycles. The highest BCUT2D eigenvalue weighted by Crippen LogP contribution is 2.44. The number of aromatic nitrogens is 1. The van der Waals surface area contributed by atoms with E-state index in [0.29, 0.717) is 6.61 Å². The first kappa shape index (κ1) is 21.9. The second kappa shape index (κ2) is 8.77. The molecular formula is C29H31FN2O. The maximum Gasteiger partial charge on any atom is 0.123 e. The topological polar surface area (TPSA) is 17.4 Å². The van der Waals surface area contributed by atoms with Crippen molar-refractivity contribution in [2.45, 2.75) is 32.0 Å². The van der Waals surface area contributed by atoms with Gasteiger partial charge in [0.1, 0.15) is 5.82 Å². The Bertz CT molecular complexity index is 1290. The predicted octanol–water partition coefficient (Wildman–Crippen LogP) is 6.60. The molecule has 0 bridgehead atoms. The average molecular weight is 443 g/mol. The van der Waals surface area contributed by atoms with Gasteiger partial charge in [0, 0.05) is 30.1 Å². The molecule has 4 heteroatoms. The molecule has 5 rings (SSSR count). The van der Waals surface area contributed by atoms with E-state index in [1.54, 1.807) is 12.1 Å². The van der Waals surface area contributed by atoms with Gasteiger partial charge in [0.25, 0.3) is 0 Å². The van der Waals surface area contributed by atoms with Gasteiger partial charge in [-0.25, -0.2) is 4.39 Å². The van der Waals surface area contributed by atoms with Crippen LogP contribution in [-0.4, -0.2) is 30.1 Å². The van der Waals surface area contributed by atoms with E-state index >= 15 is 0 Å². The van der Waals surface area contributed by atoms with Gasteiger partial charge in [-0.1, -0.05) is 30.3 Å². The van der Waals surface area contributed by atoms with Gasteiger partial charge < -0.3 is 14.2 Å². The lowest BCUT2D eigenvalue weighted by atomic mass is 9.85. The second-order valence-electron chi connectivity index (χ2n) is 9.55. The zero-order chi connectivity index (χ0) is 23.1. The van der Waals surface area contributed by atoms with E-state index in [0.717, 1.165) is 18.5 Å². The first-order valence-corrected chi connectivity index (χ1v) is 11.6. The van der Waals surface area contributed by atoms with E-state index in [1.165, 1.54) is 38.7 Å². The van der Waals surface area contributed by atoms with Gasteiger partial charge in [0.2, 0.25) is 0 Å². The third kappa shape index (κ3) is 4.21. The van der Waals surface area contributed by atoms with Crippen LogP contribution in [0.15, 0.2) is 66.9 Å². The minimum atomic E-state index is -0.201. The Hall–Kier alpha value is -2.95. The van der Waals surface area contributed by atoms with E-state index in [2.05, 4.69) is 80.1 Å². The molecule has 0 radical (unpaired) electrons. The van der Waals surface area contributed by atoms with Crippen LogP contribution in [-0.2, 0) is 18.4 Å². The fraction of sp³-hybridized carbons (Fsp3) is 0.310. The van der Waals surface area contributed by atoms with Crippen molar-refractivity contribution in [1.82, 2.24) is 9.47 Å². The smallest absolute Gasteiger partial charge is 0.123 e. The van der Waals surface area contributed by atoms with Gasteiger partial charge in [0.05, 0.1) is 12.7 Å². The van der Waals surface area contributed by atoms with Crippen LogP contribution in [0.5, 0.6) is 0 Å². The Morgan fingerprint density at radius 1 is 1.03 bits per heavy atom. The van der Waals surface area contributed by atoms with Crippen molar-refractivity contribution in [2.75, 3.05) is 20.6 Å². The van der Waals surface area contributed by atoms with Gasteiger partial charge in [-0.3, -0.25) is 0 Å². The molecule has 0 N–H and O–H groups in total. The Morgan fingerprint density at radius 3 is 2.52 bits per heavy atom. The van der Waals surface area contributed by atoms with Crippen LogP contribution in [0.2, 0.25) is 0 Å². The van der Waals surface area contributed by atoms with Gasteiger partial charge in [0.15, 0.2) is 0 Å². The van der Waals surface area contributed by atoms with Crippen molar-refractivity contribution in [1.29, 1.82) is 0 Å². The third-order valence-electron chi connectivity index (χ3n) is 6.94. The summed E-state index contributed by atoms with van der Waals surface area (Å²) in [6.45, 7) is 3.72. The van der Waals surface area contributed by atoms with Crippen LogP contribution < -0.4 is 0 Å². The Balaban J connectivity index is 1.48. The number of aryl methyl sites for hydroxylation is 2. The van der Waals surface area contributed by atoms with Crippen LogP contribution in [0, 0.1) is 12.7 Å². The summed E-state index contributed by atoms with van der Waals surface area (Å²) in [5.74, 6) is -0.0171. The molecule has 0 saturated heterocycles. The van der Waals surface area contributed by atoms with Crippen LogP contribution >= 0.6 is 0 Å². The zero-order valence-electron chi connectivity index (χ0n) is 19.8. The fourth-order valence-corrected chi connectivity index (χ4v) is 5.16. The minimum absolute atomic E-state index is 0.0155. The second-order valence-corrected chi connectivity index (χ2v) is 9.55. The number of nitrogens with zero attached hydrogens (tertiary/aromatic N) is 2. The van der Waals surface area contributed by atoms with Gasteiger partial charge in [-0.15, -0.1) is 0 Å². The molecule has 0 amide bonds. The van der Waals surface area contributed by atoms with Gasteiger partial charge in [-0.2, -0.15) is 0 Å². The average Bonchev–Trinajstić information content (AvgIpc) is 3.35. The summed E-state index contributed by atoms with van der Waals surface area (Å²) < 4.78 is 22.1. The van der Waals surface area contributed by atoms with Crippen molar-refractivity contribution in [2.24, 2.45) is 7.05 Å². The number of hydrogen-bond donors (Lipinski definition) is 0. The molecular weight excluding hydrogens is 411 g/mol. The highest BCUT2D eigenvalue weighted by Gasteiger charge is 2.32. The molecule has 0 fully saturated rings. The van der Waals surface area contributed by atoms with Gasteiger partial charge >= 0.3 is 0 Å². The summed E-state index contributed by atoms with van der Waals surface area (Å²) in [6.07, 6.45) is 3.12. The molecule has 1 aliphatic rings. The number of hydrogen-bond acceptors (Lipinski definition) is 2. The normalized spacial score (nSPS) is 16.5. The summed E-state index contributed by atoms with van der Waals surface area (Å²) in [5.41, 5.74) is 8.62. The van der Waals surface area contributed by atoms with Crippen LogP contribution in [0.3, 0.4) is 0 Å². The molecule has 0 spiro atoms. The number of fused-ring (bicyclic) bond motifs is 2. The zero-order valence-corrected chi connectivity index (χ0v) is 19.8. The molecule has 2 atom stereocenters. The number of rotatable bonds is 6. The summed E-state index contributed by atoms with van der Waals surface area (Å²) in [4.78, 5) is 2.19. The van der Waals surface area contributed by atoms with Crippen molar-refractivity contribution in [3.63, 3.8) is 0 Å². The minimum Gasteiger partial charge on any atom is -0.368 e. The molecule has 1 aliphatic heterocycles. The molecule has 170 valence electrons. The van der Waals surface area contributed by atoms with Crippen molar-refractivity contribution < 1.29 is 9.13 Å². The van der Waals surface area contributed by atoms with Crippen molar-refractivity contribution in [3.05, 3.63) is 94.9 Å². The van der Waals surface area contributed by atoms with E-state index < -0.39 is 0 Å². The summed E-state index contributed by atoms with van der Waals surface area (Å²) in [6, 6.07) is 20.3. The number of benzene rings is 3. The summed E-state index contributed by atoms with van der Waals surface area (Å²) in [5, 5.41) is 1.30. The monoisotopic (exact) mass is 442 g/mol.